The van der Waals surface area contributed by atoms with Gasteiger partial charge < -0.3 is 4.90 Å². The molecule has 1 aliphatic heterocycles. The van der Waals surface area contributed by atoms with Crippen LogP contribution in [0, 0.1) is 5.92 Å². The zero-order valence-corrected chi connectivity index (χ0v) is 12.3. The fourth-order valence-corrected chi connectivity index (χ4v) is 4.32. The van der Waals surface area contributed by atoms with Gasteiger partial charge in [0.25, 0.3) is 5.91 Å². The number of carbonyl (C=O) groups is 1. The lowest BCUT2D eigenvalue weighted by Crippen LogP contribution is -2.49. The maximum atomic E-state index is 12.8. The van der Waals surface area contributed by atoms with Crippen molar-refractivity contribution >= 4 is 17.4 Å². The summed E-state index contributed by atoms with van der Waals surface area (Å²) in [5, 5.41) is 4.08. The van der Waals surface area contributed by atoms with Crippen molar-refractivity contribution < 1.29 is 4.79 Å². The summed E-state index contributed by atoms with van der Waals surface area (Å²) in [6, 6.07) is 0.474. The Labute approximate surface area is 118 Å². The molecule has 1 aromatic rings. The molecule has 1 aliphatic carbocycles. The quantitative estimate of drug-likeness (QED) is 0.836. The largest absolute Gasteiger partial charge is 0.335 e. The van der Waals surface area contributed by atoms with Crippen LogP contribution in [0.1, 0.15) is 60.8 Å². The highest BCUT2D eigenvalue weighted by Gasteiger charge is 2.37. The van der Waals surface area contributed by atoms with Gasteiger partial charge in [-0.15, -0.1) is 5.10 Å². The fourth-order valence-electron chi connectivity index (χ4n) is 3.61. The van der Waals surface area contributed by atoms with Gasteiger partial charge in [0.05, 0.1) is 5.69 Å². The lowest BCUT2D eigenvalue weighted by atomic mass is 9.78. The molecule has 4 nitrogen and oxygen atoms in total. The minimum atomic E-state index is 0.184. The monoisotopic (exact) mass is 279 g/mol. The number of likely N-dealkylation sites (tertiary alicyclic amines) is 1. The first-order chi connectivity index (χ1) is 9.31. The standard InChI is InChI=1S/C14H21N3OS/c1-2-11-13(19-16-15-11)14(18)17-9-5-7-10-6-3-4-8-12(10)17/h10,12H,2-9H2,1H3. The van der Waals surface area contributed by atoms with Crippen molar-refractivity contribution in [1.82, 2.24) is 14.5 Å². The summed E-state index contributed by atoms with van der Waals surface area (Å²) >= 11 is 1.26. The first kappa shape index (κ1) is 13.0. The van der Waals surface area contributed by atoms with Gasteiger partial charge in [-0.2, -0.15) is 0 Å². The second-order valence-corrected chi connectivity index (χ2v) is 6.41. The first-order valence-corrected chi connectivity index (χ1v) is 8.20. The Hall–Kier alpha value is -0.970. The van der Waals surface area contributed by atoms with E-state index in [1.54, 1.807) is 0 Å². The lowest BCUT2D eigenvalue weighted by Gasteiger charge is -2.44. The summed E-state index contributed by atoms with van der Waals surface area (Å²) in [7, 11) is 0. The Morgan fingerprint density at radius 2 is 2.11 bits per heavy atom. The van der Waals surface area contributed by atoms with E-state index in [2.05, 4.69) is 14.5 Å². The molecular weight excluding hydrogens is 258 g/mol. The molecule has 104 valence electrons. The Bertz CT molecular complexity index is 457. The van der Waals surface area contributed by atoms with Crippen LogP contribution in [-0.2, 0) is 6.42 Å². The number of hydrogen-bond donors (Lipinski definition) is 0. The molecule has 2 aliphatic rings. The molecule has 1 saturated carbocycles. The maximum Gasteiger partial charge on any atom is 0.267 e. The molecule has 1 amide bonds. The number of aryl methyl sites for hydroxylation is 1. The van der Waals surface area contributed by atoms with E-state index in [1.807, 2.05) is 6.92 Å². The highest BCUT2D eigenvalue weighted by atomic mass is 32.1. The van der Waals surface area contributed by atoms with Crippen molar-refractivity contribution in [2.75, 3.05) is 6.54 Å². The van der Waals surface area contributed by atoms with Crippen LogP contribution in [0.25, 0.3) is 0 Å². The lowest BCUT2D eigenvalue weighted by molar-refractivity contribution is 0.0394. The fraction of sp³-hybridized carbons (Fsp3) is 0.786. The normalized spacial score (nSPS) is 27.1. The molecule has 0 spiro atoms. The summed E-state index contributed by atoms with van der Waals surface area (Å²) in [6.45, 7) is 2.95. The van der Waals surface area contributed by atoms with Crippen molar-refractivity contribution in [3.05, 3.63) is 10.6 Å². The van der Waals surface area contributed by atoms with Crippen LogP contribution in [0.2, 0.25) is 0 Å². The van der Waals surface area contributed by atoms with E-state index in [0.717, 1.165) is 35.9 Å². The van der Waals surface area contributed by atoms with Crippen LogP contribution in [0.4, 0.5) is 0 Å². The van der Waals surface area contributed by atoms with E-state index in [0.29, 0.717) is 6.04 Å². The average Bonchev–Trinajstić information content (AvgIpc) is 2.94. The summed E-state index contributed by atoms with van der Waals surface area (Å²) in [6.07, 6.45) is 8.34. The number of piperidine rings is 1. The topological polar surface area (TPSA) is 46.1 Å². The van der Waals surface area contributed by atoms with Crippen LogP contribution in [0.5, 0.6) is 0 Å². The van der Waals surface area contributed by atoms with Crippen LogP contribution < -0.4 is 0 Å². The minimum absolute atomic E-state index is 0.184. The van der Waals surface area contributed by atoms with Crippen LogP contribution >= 0.6 is 11.5 Å². The molecule has 2 heterocycles. The third-order valence-electron chi connectivity index (χ3n) is 4.59. The van der Waals surface area contributed by atoms with Crippen molar-refractivity contribution in [1.29, 1.82) is 0 Å². The highest BCUT2D eigenvalue weighted by molar-refractivity contribution is 7.08. The molecular formula is C14H21N3OS. The predicted octanol–water partition coefficient (Wildman–Crippen LogP) is 2.90. The molecule has 5 heteroatoms. The molecule has 2 unspecified atom stereocenters. The van der Waals surface area contributed by atoms with Crippen molar-refractivity contribution in [2.24, 2.45) is 5.92 Å². The SMILES string of the molecule is CCc1nnsc1C(=O)N1CCCC2CCCCC21. The zero-order valence-electron chi connectivity index (χ0n) is 11.5. The van der Waals surface area contributed by atoms with Crippen LogP contribution in [0.15, 0.2) is 0 Å². The Morgan fingerprint density at radius 3 is 2.95 bits per heavy atom. The van der Waals surface area contributed by atoms with E-state index in [1.165, 1.54) is 43.6 Å². The van der Waals surface area contributed by atoms with E-state index < -0.39 is 0 Å². The number of rotatable bonds is 2. The number of aromatic nitrogens is 2. The molecule has 0 aromatic carbocycles. The van der Waals surface area contributed by atoms with Gasteiger partial charge in [0.2, 0.25) is 0 Å². The predicted molar refractivity (Wildman–Crippen MR) is 75.3 cm³/mol. The van der Waals surface area contributed by atoms with E-state index in [-0.39, 0.29) is 5.91 Å². The van der Waals surface area contributed by atoms with E-state index in [4.69, 9.17) is 0 Å². The number of hydrogen-bond acceptors (Lipinski definition) is 4. The van der Waals surface area contributed by atoms with Crippen LogP contribution in [0.3, 0.4) is 0 Å². The van der Waals surface area contributed by atoms with Gasteiger partial charge in [-0.1, -0.05) is 24.3 Å². The number of amides is 1. The molecule has 2 fully saturated rings. The smallest absolute Gasteiger partial charge is 0.267 e. The average molecular weight is 279 g/mol. The van der Waals surface area contributed by atoms with E-state index >= 15 is 0 Å². The molecule has 1 saturated heterocycles. The molecule has 2 atom stereocenters. The van der Waals surface area contributed by atoms with Crippen molar-refractivity contribution in [3.8, 4) is 0 Å². The van der Waals surface area contributed by atoms with Gasteiger partial charge >= 0.3 is 0 Å². The minimum Gasteiger partial charge on any atom is -0.335 e. The summed E-state index contributed by atoms with van der Waals surface area (Å²) in [5.41, 5.74) is 0.868. The maximum absolute atomic E-state index is 12.8. The van der Waals surface area contributed by atoms with Gasteiger partial charge in [-0.25, -0.2) is 0 Å². The summed E-state index contributed by atoms with van der Waals surface area (Å²) < 4.78 is 3.96. The Balaban J connectivity index is 1.82. The Kier molecular flexibility index (Phi) is 3.82. The summed E-state index contributed by atoms with van der Waals surface area (Å²) in [5.74, 6) is 0.917. The third-order valence-corrected chi connectivity index (χ3v) is 5.35. The molecule has 19 heavy (non-hydrogen) atoms. The van der Waals surface area contributed by atoms with Gasteiger partial charge in [0, 0.05) is 12.6 Å². The third kappa shape index (κ3) is 2.40. The highest BCUT2D eigenvalue weighted by Crippen LogP contribution is 2.36. The first-order valence-electron chi connectivity index (χ1n) is 7.43. The van der Waals surface area contributed by atoms with Gasteiger partial charge in [-0.05, 0) is 49.6 Å². The Morgan fingerprint density at radius 1 is 1.32 bits per heavy atom. The molecule has 1 aromatic heterocycles. The molecule has 3 rings (SSSR count). The van der Waals surface area contributed by atoms with Gasteiger partial charge in [0.15, 0.2) is 0 Å². The van der Waals surface area contributed by atoms with Gasteiger partial charge in [-0.3, -0.25) is 4.79 Å². The summed E-state index contributed by atoms with van der Waals surface area (Å²) in [4.78, 5) is 15.7. The van der Waals surface area contributed by atoms with Crippen LogP contribution in [-0.4, -0.2) is 33.0 Å². The molecule has 0 N–H and O–H groups in total. The number of fused-ring (bicyclic) bond motifs is 1. The zero-order chi connectivity index (χ0) is 13.2. The van der Waals surface area contributed by atoms with Gasteiger partial charge in [0.1, 0.15) is 4.88 Å². The second kappa shape index (κ2) is 5.57. The van der Waals surface area contributed by atoms with Crippen molar-refractivity contribution in [3.63, 3.8) is 0 Å². The molecule has 0 bridgehead atoms. The molecule has 0 radical (unpaired) electrons. The number of carbonyl (C=O) groups excluding carboxylic acids is 1. The second-order valence-electron chi connectivity index (χ2n) is 5.65. The number of nitrogens with zero attached hydrogens (tertiary/aromatic N) is 3. The van der Waals surface area contributed by atoms with Crippen molar-refractivity contribution in [2.45, 2.75) is 57.9 Å². The van der Waals surface area contributed by atoms with E-state index in [9.17, 15) is 4.79 Å².